The molecule has 0 aliphatic heterocycles. The largest absolute Gasteiger partial charge is 0.351 e. The van der Waals surface area contributed by atoms with Crippen LogP contribution in [0.3, 0.4) is 0 Å². The molecular formula is C23H24BrCl2FN2O2. The molecular weight excluding hydrogens is 506 g/mol. The normalized spacial score (nSPS) is 19.5. The minimum Gasteiger partial charge on any atom is -0.351 e. The molecule has 0 heterocycles. The monoisotopic (exact) mass is 528 g/mol. The van der Waals surface area contributed by atoms with E-state index in [1.807, 2.05) is 0 Å². The van der Waals surface area contributed by atoms with Crippen LogP contribution in [-0.4, -0.2) is 23.7 Å². The van der Waals surface area contributed by atoms with E-state index in [4.69, 9.17) is 23.2 Å². The van der Waals surface area contributed by atoms with E-state index in [1.165, 1.54) is 12.1 Å². The molecule has 1 aliphatic carbocycles. The van der Waals surface area contributed by atoms with Crippen molar-refractivity contribution in [1.82, 2.24) is 5.32 Å². The number of halogens is 4. The predicted octanol–water partition coefficient (Wildman–Crippen LogP) is 6.25. The molecule has 2 amide bonds. The summed E-state index contributed by atoms with van der Waals surface area (Å²) in [6.07, 6.45) is 4.07. The van der Waals surface area contributed by atoms with Gasteiger partial charge in [-0.2, -0.15) is 0 Å². The van der Waals surface area contributed by atoms with Gasteiger partial charge in [-0.3, -0.25) is 14.5 Å². The third kappa shape index (κ3) is 5.79. The zero-order chi connectivity index (χ0) is 22.5. The highest BCUT2D eigenvalue weighted by Gasteiger charge is 2.36. The fraction of sp³-hybridized carbons (Fsp3) is 0.391. The first kappa shape index (κ1) is 24.0. The lowest BCUT2D eigenvalue weighted by Crippen LogP contribution is -2.49. The molecule has 166 valence electrons. The van der Waals surface area contributed by atoms with E-state index in [1.54, 1.807) is 30.3 Å². The topological polar surface area (TPSA) is 49.4 Å². The van der Waals surface area contributed by atoms with Gasteiger partial charge in [0.15, 0.2) is 0 Å². The van der Waals surface area contributed by atoms with Crippen LogP contribution in [0.25, 0.3) is 0 Å². The summed E-state index contributed by atoms with van der Waals surface area (Å²) in [5.74, 6) is -1.65. The van der Waals surface area contributed by atoms with Crippen LogP contribution in [-0.2, 0) is 9.59 Å². The summed E-state index contributed by atoms with van der Waals surface area (Å²) in [6, 6.07) is 9.86. The van der Waals surface area contributed by atoms with E-state index in [9.17, 15) is 14.0 Å². The van der Waals surface area contributed by atoms with E-state index >= 15 is 0 Å². The Labute approximate surface area is 200 Å². The van der Waals surface area contributed by atoms with Crippen molar-refractivity contribution in [3.63, 3.8) is 0 Å². The van der Waals surface area contributed by atoms with Crippen molar-refractivity contribution in [2.75, 3.05) is 10.8 Å². The van der Waals surface area contributed by atoms with Gasteiger partial charge in [0.1, 0.15) is 17.7 Å². The highest BCUT2D eigenvalue weighted by molar-refractivity contribution is 9.10. The molecule has 1 aliphatic rings. The molecule has 0 aromatic heterocycles. The van der Waals surface area contributed by atoms with Crippen molar-refractivity contribution in [2.24, 2.45) is 5.92 Å². The number of hydrogen-bond acceptors (Lipinski definition) is 2. The average Bonchev–Trinajstić information content (AvgIpc) is 2.74. The molecule has 0 bridgehead atoms. The quantitative estimate of drug-likeness (QED) is 0.449. The zero-order valence-corrected chi connectivity index (χ0v) is 20.2. The molecule has 0 saturated heterocycles. The van der Waals surface area contributed by atoms with Gasteiger partial charge in [-0.05, 0) is 54.7 Å². The second-order valence-corrected chi connectivity index (χ2v) is 9.44. The number of nitrogens with zero attached hydrogens (tertiary/aromatic N) is 1. The summed E-state index contributed by atoms with van der Waals surface area (Å²) in [5, 5.41) is 3.60. The van der Waals surface area contributed by atoms with Crippen molar-refractivity contribution in [1.29, 1.82) is 0 Å². The summed E-state index contributed by atoms with van der Waals surface area (Å²) in [7, 11) is 0. The van der Waals surface area contributed by atoms with Gasteiger partial charge in [0, 0.05) is 15.5 Å². The molecule has 0 radical (unpaired) electrons. The summed E-state index contributed by atoms with van der Waals surface area (Å²) >= 11 is 15.1. The van der Waals surface area contributed by atoms with Gasteiger partial charge in [0.25, 0.3) is 0 Å². The van der Waals surface area contributed by atoms with Crippen molar-refractivity contribution >= 4 is 56.6 Å². The number of benzene rings is 2. The molecule has 3 rings (SSSR count). The number of hydrogen-bond donors (Lipinski definition) is 1. The molecule has 3 atom stereocenters. The lowest BCUT2D eigenvalue weighted by molar-refractivity contribution is -0.126. The molecule has 4 nitrogen and oxygen atoms in total. The molecule has 2 aromatic carbocycles. The van der Waals surface area contributed by atoms with Crippen molar-refractivity contribution in [3.8, 4) is 0 Å². The maximum absolute atomic E-state index is 14.9. The Morgan fingerprint density at radius 3 is 2.48 bits per heavy atom. The molecule has 1 saturated carbocycles. The highest BCUT2D eigenvalue weighted by atomic mass is 79.9. The number of nitrogens with one attached hydrogen (secondary N) is 1. The van der Waals surface area contributed by atoms with Gasteiger partial charge >= 0.3 is 0 Å². The van der Waals surface area contributed by atoms with Gasteiger partial charge < -0.3 is 5.32 Å². The smallest absolute Gasteiger partial charge is 0.248 e. The van der Waals surface area contributed by atoms with E-state index in [0.717, 1.165) is 30.6 Å². The summed E-state index contributed by atoms with van der Waals surface area (Å²) < 4.78 is 15.4. The average molecular weight is 530 g/mol. The number of alkyl halides is 1. The van der Waals surface area contributed by atoms with Crippen molar-refractivity contribution < 1.29 is 14.0 Å². The minimum atomic E-state index is -1.09. The van der Waals surface area contributed by atoms with E-state index < -0.39 is 23.6 Å². The Bertz CT molecular complexity index is 942. The second-order valence-electron chi connectivity index (χ2n) is 7.82. The number of rotatable bonds is 6. The first-order valence-corrected chi connectivity index (χ1v) is 11.9. The van der Waals surface area contributed by atoms with E-state index in [0.29, 0.717) is 21.0 Å². The lowest BCUT2D eigenvalue weighted by atomic mass is 9.85. The van der Waals surface area contributed by atoms with Crippen LogP contribution in [0.5, 0.6) is 0 Å². The zero-order valence-electron chi connectivity index (χ0n) is 17.1. The number of carbonyl (C=O) groups is 2. The molecule has 1 N–H and O–H groups in total. The lowest BCUT2D eigenvalue weighted by Gasteiger charge is -2.35. The molecule has 0 unspecified atom stereocenters. The molecule has 2 aromatic rings. The molecule has 8 heteroatoms. The Kier molecular flexibility index (Phi) is 8.36. The third-order valence-corrected chi connectivity index (χ3v) is 6.66. The van der Waals surface area contributed by atoms with Crippen LogP contribution in [0.15, 0.2) is 46.9 Å². The Morgan fingerprint density at radius 2 is 1.87 bits per heavy atom. The minimum absolute atomic E-state index is 0.00114. The van der Waals surface area contributed by atoms with Crippen LogP contribution in [0.2, 0.25) is 5.02 Å². The Hall–Kier alpha value is -1.63. The van der Waals surface area contributed by atoms with Crippen molar-refractivity contribution in [2.45, 2.75) is 44.7 Å². The van der Waals surface area contributed by atoms with Crippen LogP contribution >= 0.6 is 39.1 Å². The van der Waals surface area contributed by atoms with Crippen LogP contribution in [0.4, 0.5) is 10.1 Å². The van der Waals surface area contributed by atoms with Gasteiger partial charge in [0.2, 0.25) is 11.8 Å². The maximum Gasteiger partial charge on any atom is 0.248 e. The number of amides is 2. The summed E-state index contributed by atoms with van der Waals surface area (Å²) in [4.78, 5) is 27.6. The molecule has 31 heavy (non-hydrogen) atoms. The molecule has 0 spiro atoms. The Morgan fingerprint density at radius 1 is 1.19 bits per heavy atom. The first-order chi connectivity index (χ1) is 14.8. The Balaban J connectivity index is 2.06. The molecule has 1 fully saturated rings. The van der Waals surface area contributed by atoms with Crippen LogP contribution in [0, 0.1) is 11.7 Å². The SMILES string of the molecule is C[C@@H]1CCCC[C@@H]1NC(=O)[C@@H](c1ccc(Cl)cc1)N(C(=O)CCl)c1ccc(Br)cc1F. The van der Waals surface area contributed by atoms with E-state index in [2.05, 4.69) is 28.2 Å². The van der Waals surface area contributed by atoms with Gasteiger partial charge in [-0.1, -0.05) is 59.4 Å². The second kappa shape index (κ2) is 10.8. The van der Waals surface area contributed by atoms with Gasteiger partial charge in [-0.15, -0.1) is 11.6 Å². The van der Waals surface area contributed by atoms with E-state index in [-0.39, 0.29) is 17.6 Å². The van der Waals surface area contributed by atoms with Gasteiger partial charge in [0.05, 0.1) is 5.69 Å². The third-order valence-electron chi connectivity index (χ3n) is 5.68. The van der Waals surface area contributed by atoms with Crippen LogP contribution < -0.4 is 10.2 Å². The predicted molar refractivity (Wildman–Crippen MR) is 126 cm³/mol. The van der Waals surface area contributed by atoms with Gasteiger partial charge in [-0.25, -0.2) is 4.39 Å². The van der Waals surface area contributed by atoms with Crippen molar-refractivity contribution in [3.05, 3.63) is 63.3 Å². The number of anilines is 1. The maximum atomic E-state index is 14.9. The summed E-state index contributed by atoms with van der Waals surface area (Å²) in [6.45, 7) is 2.11. The summed E-state index contributed by atoms with van der Waals surface area (Å²) in [5.41, 5.74) is 0.506. The fourth-order valence-electron chi connectivity index (χ4n) is 4.01. The highest BCUT2D eigenvalue weighted by Crippen LogP contribution is 2.33. The standard InChI is InChI=1S/C23H24BrCl2FN2O2/c1-14-4-2-3-5-19(14)28-23(31)22(15-6-9-17(26)10-7-15)29(21(30)13-25)20-11-8-16(24)12-18(20)27/h6-12,14,19,22H,2-5,13H2,1H3,(H,28,31)/t14-,19+,22-/m1/s1. The fourth-order valence-corrected chi connectivity index (χ4v) is 4.60. The first-order valence-electron chi connectivity index (χ1n) is 10.2. The van der Waals surface area contributed by atoms with Crippen LogP contribution in [0.1, 0.15) is 44.2 Å². The number of carbonyl (C=O) groups excluding carboxylic acids is 2.